The van der Waals surface area contributed by atoms with Crippen LogP contribution in [-0.4, -0.2) is 63.0 Å². The van der Waals surface area contributed by atoms with Gasteiger partial charge in [0.25, 0.3) is 0 Å². The van der Waals surface area contributed by atoms with Gasteiger partial charge in [0.15, 0.2) is 17.6 Å². The van der Waals surface area contributed by atoms with E-state index in [0.717, 1.165) is 50.2 Å². The van der Waals surface area contributed by atoms with Crippen molar-refractivity contribution in [2.75, 3.05) is 0 Å². The van der Waals surface area contributed by atoms with E-state index >= 15 is 8.78 Å². The molecule has 1 unspecified atom stereocenters. The van der Waals surface area contributed by atoms with Crippen LogP contribution in [0.1, 0.15) is 51.1 Å². The van der Waals surface area contributed by atoms with E-state index in [-0.39, 0.29) is 34.8 Å². The maximum atomic E-state index is 15.1. The first kappa shape index (κ1) is 41.6. The van der Waals surface area contributed by atoms with Gasteiger partial charge < -0.3 is 9.47 Å². The third-order valence-corrected chi connectivity index (χ3v) is 8.03. The fraction of sp³-hybridized carbons (Fsp3) is 0.516. The van der Waals surface area contributed by atoms with E-state index in [2.05, 4.69) is 19.7 Å². The highest BCUT2D eigenvalue weighted by atomic mass is 19.4. The zero-order valence-corrected chi connectivity index (χ0v) is 26.5. The molecule has 3 aromatic rings. The van der Waals surface area contributed by atoms with E-state index in [9.17, 15) is 65.9 Å². The third-order valence-electron chi connectivity index (χ3n) is 8.03. The predicted octanol–water partition coefficient (Wildman–Crippen LogP) is 11.1. The van der Waals surface area contributed by atoms with E-state index in [0.29, 0.717) is 18.6 Å². The molecule has 0 fully saturated rings. The highest BCUT2D eigenvalue weighted by Gasteiger charge is 2.94. The van der Waals surface area contributed by atoms with Gasteiger partial charge in [-0.3, -0.25) is 0 Å². The van der Waals surface area contributed by atoms with Gasteiger partial charge in [-0.2, -0.15) is 74.6 Å². The van der Waals surface area contributed by atoms with Crippen molar-refractivity contribution in [2.24, 2.45) is 0 Å². The lowest BCUT2D eigenvalue weighted by molar-refractivity contribution is -0.465. The van der Waals surface area contributed by atoms with Gasteiger partial charge in [0.2, 0.25) is 0 Å². The molecule has 0 bridgehead atoms. The maximum Gasteiger partial charge on any atom is 0.471 e. The number of rotatable bonds is 15. The van der Waals surface area contributed by atoms with Crippen LogP contribution in [0.25, 0.3) is 22.6 Å². The molecule has 0 N–H and O–H groups in total. The summed E-state index contributed by atoms with van der Waals surface area (Å²) in [6, 6.07) is 4.71. The van der Waals surface area contributed by atoms with Crippen LogP contribution in [0.5, 0.6) is 11.5 Å². The molecule has 1 aliphatic heterocycles. The number of pyridine rings is 1. The fourth-order valence-electron chi connectivity index (χ4n) is 4.95. The predicted molar refractivity (Wildman–Crippen MR) is 149 cm³/mol. The van der Waals surface area contributed by atoms with Crippen LogP contribution in [0.3, 0.4) is 0 Å². The van der Waals surface area contributed by atoms with Gasteiger partial charge in [-0.1, -0.05) is 44.7 Å². The van der Waals surface area contributed by atoms with Crippen molar-refractivity contribution in [2.45, 2.75) is 99.4 Å². The molecule has 1 atom stereocenters. The monoisotopic (exact) mass is 793 g/mol. The van der Waals surface area contributed by atoms with Crippen LogP contribution in [0, 0.1) is 0 Å². The number of unbranched alkanes of at least 4 members (excludes halogenated alkanes) is 4. The zero-order valence-electron chi connectivity index (χ0n) is 26.5. The number of hydrogen-bond donors (Lipinski definition) is 0. The summed E-state index contributed by atoms with van der Waals surface area (Å²) in [5.41, 5.74) is -0.812. The summed E-state index contributed by atoms with van der Waals surface area (Å²) >= 11 is 0. The zero-order chi connectivity index (χ0) is 40.1. The molecule has 1 aliphatic rings. The molecule has 1 aromatic carbocycles. The largest absolute Gasteiger partial charge is 0.482 e. The van der Waals surface area contributed by atoms with Crippen molar-refractivity contribution < 1.29 is 84.1 Å². The van der Waals surface area contributed by atoms with Gasteiger partial charge in [-0.05, 0) is 42.7 Å². The number of fused-ring (bicyclic) bond motifs is 1. The van der Waals surface area contributed by atoms with Crippen molar-refractivity contribution in [1.82, 2.24) is 15.0 Å². The minimum absolute atomic E-state index is 0.00866. The summed E-state index contributed by atoms with van der Waals surface area (Å²) in [4.78, 5) is 11.9. The Hall–Kier alpha value is -4.14. The fourth-order valence-corrected chi connectivity index (χ4v) is 4.95. The average molecular weight is 794 g/mol. The number of aromatic nitrogens is 3. The molecular formula is C31H24F17N3O2. The summed E-state index contributed by atoms with van der Waals surface area (Å²) in [5.74, 6) is -46.3. The lowest BCUT2D eigenvalue weighted by Gasteiger charge is -2.41. The summed E-state index contributed by atoms with van der Waals surface area (Å²) in [6.07, 6.45) is -9.86. The number of ether oxygens (including phenoxy) is 2. The topological polar surface area (TPSA) is 57.1 Å². The van der Waals surface area contributed by atoms with Crippen LogP contribution in [0.4, 0.5) is 74.6 Å². The van der Waals surface area contributed by atoms with Gasteiger partial charge in [0, 0.05) is 18.0 Å². The molecule has 4 rings (SSSR count). The number of hydrogen-bond acceptors (Lipinski definition) is 5. The van der Waals surface area contributed by atoms with Crippen LogP contribution in [-0.2, 0) is 5.92 Å². The highest BCUT2D eigenvalue weighted by molar-refractivity contribution is 5.64. The van der Waals surface area contributed by atoms with Crippen molar-refractivity contribution >= 4 is 0 Å². The van der Waals surface area contributed by atoms with Crippen molar-refractivity contribution in [3.05, 3.63) is 54.5 Å². The van der Waals surface area contributed by atoms with Gasteiger partial charge in [-0.15, -0.1) is 0 Å². The lowest BCUT2D eigenvalue weighted by Crippen LogP contribution is -2.73. The Kier molecular flexibility index (Phi) is 10.9. The first-order chi connectivity index (χ1) is 24.2. The van der Waals surface area contributed by atoms with E-state index < -0.39 is 65.4 Å². The van der Waals surface area contributed by atoms with Gasteiger partial charge in [0.05, 0.1) is 0 Å². The van der Waals surface area contributed by atoms with E-state index in [1.54, 1.807) is 0 Å². The van der Waals surface area contributed by atoms with E-state index in [4.69, 9.17) is 4.74 Å². The van der Waals surface area contributed by atoms with Crippen LogP contribution < -0.4 is 9.47 Å². The minimum atomic E-state index is -8.44. The van der Waals surface area contributed by atoms with Crippen LogP contribution >= 0.6 is 0 Å². The number of alkyl halides is 17. The molecule has 2 aromatic heterocycles. The van der Waals surface area contributed by atoms with E-state index in [1.165, 1.54) is 12.1 Å². The number of halogens is 17. The molecule has 0 saturated heterocycles. The molecule has 53 heavy (non-hydrogen) atoms. The second kappa shape index (κ2) is 13.9. The minimum Gasteiger partial charge on any atom is -0.482 e. The van der Waals surface area contributed by atoms with Gasteiger partial charge in [0.1, 0.15) is 17.2 Å². The summed E-state index contributed by atoms with van der Waals surface area (Å²) in [5, 5.41) is 0. The van der Waals surface area contributed by atoms with E-state index in [1.807, 2.05) is 6.92 Å². The Morgan fingerprint density at radius 3 is 1.72 bits per heavy atom. The average Bonchev–Trinajstić information content (AvgIpc) is 3.32. The molecule has 0 saturated carbocycles. The Labute approximate surface area is 287 Å². The molecular weight excluding hydrogens is 769 g/mol. The molecule has 22 heteroatoms. The molecule has 5 nitrogen and oxygen atoms in total. The third kappa shape index (κ3) is 7.12. The molecule has 0 amide bonds. The highest BCUT2D eigenvalue weighted by Crippen LogP contribution is 2.62. The Bertz CT molecular complexity index is 1730. The smallest absolute Gasteiger partial charge is 0.471 e. The summed E-state index contributed by atoms with van der Waals surface area (Å²) in [6.45, 7) is 2.00. The second-order valence-electron chi connectivity index (χ2n) is 11.8. The number of benzene rings is 1. The van der Waals surface area contributed by atoms with Crippen LogP contribution in [0.15, 0.2) is 48.8 Å². The van der Waals surface area contributed by atoms with Crippen molar-refractivity contribution in [1.29, 1.82) is 0 Å². The summed E-state index contributed by atoms with van der Waals surface area (Å²) in [7, 11) is 0. The first-order valence-electron chi connectivity index (χ1n) is 15.2. The molecule has 0 radical (unpaired) electrons. The quantitative estimate of drug-likeness (QED) is 0.113. The summed E-state index contributed by atoms with van der Waals surface area (Å²) < 4.78 is 240. The van der Waals surface area contributed by atoms with Crippen molar-refractivity contribution in [3.63, 3.8) is 0 Å². The molecule has 3 heterocycles. The lowest BCUT2D eigenvalue weighted by atomic mass is 9.93. The molecule has 294 valence electrons. The SMILES string of the molecule is CCCCCCCC1Oc2ccc(-c3ncc(-c4ccc(OC(F)(F)C(F)(F)C(F)(F)C(F)(F)C(F)(F)C(F)(F)C(F)(F)F)cc4)cn3)nc2C1(F)F. The second-order valence-corrected chi connectivity index (χ2v) is 11.8. The Balaban J connectivity index is 1.49. The molecule has 0 aliphatic carbocycles. The van der Waals surface area contributed by atoms with Crippen molar-refractivity contribution in [3.8, 4) is 34.1 Å². The normalized spacial score (nSPS) is 17.1. The Morgan fingerprint density at radius 1 is 0.642 bits per heavy atom. The Morgan fingerprint density at radius 2 is 1.17 bits per heavy atom. The standard InChI is InChI=1S/C31H24F17N3O2/c1-2-3-4-5-6-7-21-24(32,33)22-20(52-21)13-12-19(51-22)23-49-14-17(15-50-23)16-8-10-18(11-9-16)53-31(47,48)29(42,43)27(38,39)25(34,35)26(36,37)28(40,41)30(44,45)46/h8-15,21H,2-7H2,1H3. The maximum absolute atomic E-state index is 15.1. The van der Waals surface area contributed by atoms with Crippen LogP contribution in [0.2, 0.25) is 0 Å². The van der Waals surface area contributed by atoms with Gasteiger partial charge >= 0.3 is 47.8 Å². The first-order valence-corrected chi connectivity index (χ1v) is 15.2. The molecule has 0 spiro atoms. The number of nitrogens with zero attached hydrogens (tertiary/aromatic N) is 3. The van der Waals surface area contributed by atoms with Gasteiger partial charge in [-0.25, -0.2) is 15.0 Å².